The van der Waals surface area contributed by atoms with Crippen LogP contribution < -0.4 is 0 Å². The third-order valence-corrected chi connectivity index (χ3v) is 3.27. The summed E-state index contributed by atoms with van der Waals surface area (Å²) in [6.07, 6.45) is 3.43. The van der Waals surface area contributed by atoms with Gasteiger partial charge < -0.3 is 5.11 Å². The Bertz CT molecular complexity index is 380. The standard InChI is InChI=1S/C11H13BrN2O2/c12-8-3-4-9(13-6-8)7-14-5-1-2-10(14)11(15)16/h3-4,6,10H,1-2,5,7H2,(H,15,16)/t10-/m0/s1. The molecule has 1 aliphatic rings. The predicted molar refractivity (Wildman–Crippen MR) is 63.0 cm³/mol. The zero-order valence-corrected chi connectivity index (χ0v) is 10.4. The topological polar surface area (TPSA) is 53.4 Å². The molecule has 1 atom stereocenters. The fourth-order valence-corrected chi connectivity index (χ4v) is 2.24. The van der Waals surface area contributed by atoms with Gasteiger partial charge in [-0.3, -0.25) is 14.7 Å². The van der Waals surface area contributed by atoms with E-state index in [1.807, 2.05) is 17.0 Å². The zero-order chi connectivity index (χ0) is 11.5. The van der Waals surface area contributed by atoms with Gasteiger partial charge in [-0.1, -0.05) is 0 Å². The van der Waals surface area contributed by atoms with Crippen LogP contribution in [0.4, 0.5) is 0 Å². The maximum absolute atomic E-state index is 11.0. The van der Waals surface area contributed by atoms with Crippen molar-refractivity contribution in [3.8, 4) is 0 Å². The summed E-state index contributed by atoms with van der Waals surface area (Å²) in [7, 11) is 0. The normalized spacial score (nSPS) is 21.2. The van der Waals surface area contributed by atoms with Gasteiger partial charge in [-0.2, -0.15) is 0 Å². The van der Waals surface area contributed by atoms with Crippen LogP contribution in [0.2, 0.25) is 0 Å². The highest BCUT2D eigenvalue weighted by atomic mass is 79.9. The van der Waals surface area contributed by atoms with Crippen LogP contribution in [0.25, 0.3) is 0 Å². The molecule has 0 unspecified atom stereocenters. The molecule has 0 bridgehead atoms. The number of likely N-dealkylation sites (tertiary alicyclic amines) is 1. The molecule has 1 aromatic heterocycles. The lowest BCUT2D eigenvalue weighted by Crippen LogP contribution is -2.35. The third-order valence-electron chi connectivity index (χ3n) is 2.80. The summed E-state index contributed by atoms with van der Waals surface area (Å²) < 4.78 is 0.937. The van der Waals surface area contributed by atoms with Crippen molar-refractivity contribution in [2.45, 2.75) is 25.4 Å². The Kier molecular flexibility index (Phi) is 3.56. The van der Waals surface area contributed by atoms with Crippen molar-refractivity contribution >= 4 is 21.9 Å². The molecule has 1 aromatic rings. The van der Waals surface area contributed by atoms with Crippen LogP contribution >= 0.6 is 15.9 Å². The molecule has 0 spiro atoms. The molecule has 0 radical (unpaired) electrons. The van der Waals surface area contributed by atoms with Crippen molar-refractivity contribution in [3.05, 3.63) is 28.5 Å². The lowest BCUT2D eigenvalue weighted by atomic mass is 10.2. The van der Waals surface area contributed by atoms with Gasteiger partial charge in [-0.15, -0.1) is 0 Å². The van der Waals surface area contributed by atoms with E-state index in [0.29, 0.717) is 6.54 Å². The number of carboxylic acids is 1. The number of carbonyl (C=O) groups is 1. The Morgan fingerprint density at radius 1 is 1.62 bits per heavy atom. The van der Waals surface area contributed by atoms with Gasteiger partial charge in [-0.05, 0) is 47.4 Å². The summed E-state index contributed by atoms with van der Waals surface area (Å²) in [5, 5.41) is 9.04. The molecule has 2 rings (SSSR count). The van der Waals surface area contributed by atoms with Gasteiger partial charge in [0, 0.05) is 17.2 Å². The molecule has 5 heteroatoms. The van der Waals surface area contributed by atoms with E-state index in [1.54, 1.807) is 6.20 Å². The highest BCUT2D eigenvalue weighted by molar-refractivity contribution is 9.10. The largest absolute Gasteiger partial charge is 0.480 e. The second-order valence-electron chi connectivity index (χ2n) is 3.93. The first-order chi connectivity index (χ1) is 7.66. The lowest BCUT2D eigenvalue weighted by Gasteiger charge is -2.20. The maximum Gasteiger partial charge on any atom is 0.320 e. The number of pyridine rings is 1. The van der Waals surface area contributed by atoms with E-state index in [0.717, 1.165) is 29.6 Å². The molecular formula is C11H13BrN2O2. The highest BCUT2D eigenvalue weighted by Gasteiger charge is 2.30. The first-order valence-corrected chi connectivity index (χ1v) is 6.03. The average Bonchev–Trinajstić information content (AvgIpc) is 2.69. The van der Waals surface area contributed by atoms with Crippen molar-refractivity contribution in [3.63, 3.8) is 0 Å². The Morgan fingerprint density at radius 2 is 2.44 bits per heavy atom. The predicted octanol–water partition coefficient (Wildman–Crippen LogP) is 1.89. The number of aromatic nitrogens is 1. The summed E-state index contributed by atoms with van der Waals surface area (Å²) in [6.45, 7) is 1.46. The number of hydrogen-bond acceptors (Lipinski definition) is 3. The molecule has 1 N–H and O–H groups in total. The quantitative estimate of drug-likeness (QED) is 0.921. The number of aliphatic carboxylic acids is 1. The second kappa shape index (κ2) is 4.93. The average molecular weight is 285 g/mol. The smallest absolute Gasteiger partial charge is 0.320 e. The Hall–Kier alpha value is -0.940. The molecule has 1 saturated heterocycles. The Balaban J connectivity index is 2.03. The van der Waals surface area contributed by atoms with Gasteiger partial charge in [0.25, 0.3) is 0 Å². The van der Waals surface area contributed by atoms with Crippen LogP contribution in [-0.4, -0.2) is 33.5 Å². The van der Waals surface area contributed by atoms with E-state index in [2.05, 4.69) is 20.9 Å². The van der Waals surface area contributed by atoms with E-state index in [-0.39, 0.29) is 6.04 Å². The SMILES string of the molecule is O=C(O)[C@@H]1CCCN1Cc1ccc(Br)cn1. The van der Waals surface area contributed by atoms with Gasteiger partial charge >= 0.3 is 5.97 Å². The number of rotatable bonds is 3. The van der Waals surface area contributed by atoms with Crippen LogP contribution in [0, 0.1) is 0 Å². The minimum absolute atomic E-state index is 0.342. The molecule has 0 saturated carbocycles. The van der Waals surface area contributed by atoms with Crippen molar-refractivity contribution in [2.75, 3.05) is 6.54 Å². The fourth-order valence-electron chi connectivity index (χ4n) is 2.00. The Morgan fingerprint density at radius 3 is 3.06 bits per heavy atom. The molecule has 0 aromatic carbocycles. The number of halogens is 1. The fraction of sp³-hybridized carbons (Fsp3) is 0.455. The molecule has 16 heavy (non-hydrogen) atoms. The minimum atomic E-state index is -0.727. The summed E-state index contributed by atoms with van der Waals surface area (Å²) in [5.74, 6) is -0.727. The molecule has 1 aliphatic heterocycles. The monoisotopic (exact) mass is 284 g/mol. The molecule has 86 valence electrons. The first kappa shape index (κ1) is 11.5. The summed E-state index contributed by atoms with van der Waals surface area (Å²) >= 11 is 3.32. The maximum atomic E-state index is 11.0. The number of nitrogens with zero attached hydrogens (tertiary/aromatic N) is 2. The van der Waals surface area contributed by atoms with E-state index >= 15 is 0 Å². The second-order valence-corrected chi connectivity index (χ2v) is 4.85. The molecule has 4 nitrogen and oxygen atoms in total. The van der Waals surface area contributed by atoms with Crippen LogP contribution in [0.1, 0.15) is 18.5 Å². The van der Waals surface area contributed by atoms with Crippen molar-refractivity contribution in [1.29, 1.82) is 0 Å². The van der Waals surface area contributed by atoms with Gasteiger partial charge in [0.15, 0.2) is 0 Å². The van der Waals surface area contributed by atoms with Crippen molar-refractivity contribution in [2.24, 2.45) is 0 Å². The van der Waals surface area contributed by atoms with Crippen LogP contribution in [-0.2, 0) is 11.3 Å². The number of carboxylic acid groups (broad SMARTS) is 1. The number of hydrogen-bond donors (Lipinski definition) is 1. The van der Waals surface area contributed by atoms with Crippen molar-refractivity contribution in [1.82, 2.24) is 9.88 Å². The molecule has 2 heterocycles. The van der Waals surface area contributed by atoms with Crippen molar-refractivity contribution < 1.29 is 9.90 Å². The van der Waals surface area contributed by atoms with E-state index in [1.165, 1.54) is 0 Å². The molecule has 1 fully saturated rings. The Labute approximate surface area is 102 Å². The van der Waals surface area contributed by atoms with Crippen LogP contribution in [0.3, 0.4) is 0 Å². The van der Waals surface area contributed by atoms with E-state index < -0.39 is 5.97 Å². The van der Waals surface area contributed by atoms with Crippen LogP contribution in [0.5, 0.6) is 0 Å². The summed E-state index contributed by atoms with van der Waals surface area (Å²) in [4.78, 5) is 17.2. The molecular weight excluding hydrogens is 272 g/mol. The molecule has 0 amide bonds. The minimum Gasteiger partial charge on any atom is -0.480 e. The van der Waals surface area contributed by atoms with E-state index in [4.69, 9.17) is 5.11 Å². The lowest BCUT2D eigenvalue weighted by molar-refractivity contribution is -0.142. The zero-order valence-electron chi connectivity index (χ0n) is 8.77. The summed E-state index contributed by atoms with van der Waals surface area (Å²) in [5.41, 5.74) is 0.913. The van der Waals surface area contributed by atoms with Gasteiger partial charge in [0.05, 0.1) is 5.69 Å². The highest BCUT2D eigenvalue weighted by Crippen LogP contribution is 2.20. The van der Waals surface area contributed by atoms with E-state index in [9.17, 15) is 4.79 Å². The third kappa shape index (κ3) is 2.59. The summed E-state index contributed by atoms with van der Waals surface area (Å²) in [6, 6.07) is 3.50. The molecule has 0 aliphatic carbocycles. The van der Waals surface area contributed by atoms with Gasteiger partial charge in [-0.25, -0.2) is 0 Å². The van der Waals surface area contributed by atoms with Gasteiger partial charge in [0.2, 0.25) is 0 Å². The van der Waals surface area contributed by atoms with Crippen LogP contribution in [0.15, 0.2) is 22.8 Å². The first-order valence-electron chi connectivity index (χ1n) is 5.24. The van der Waals surface area contributed by atoms with Gasteiger partial charge in [0.1, 0.15) is 6.04 Å².